The van der Waals surface area contributed by atoms with Gasteiger partial charge >= 0.3 is 0 Å². The third-order valence-corrected chi connectivity index (χ3v) is 8.17. The van der Waals surface area contributed by atoms with Crippen molar-refractivity contribution in [2.24, 2.45) is 23.0 Å². The lowest BCUT2D eigenvalue weighted by Crippen LogP contribution is -2.64. The second kappa shape index (κ2) is 3.98. The maximum absolute atomic E-state index is 12.9. The van der Waals surface area contributed by atoms with Crippen molar-refractivity contribution in [3.05, 3.63) is 0 Å². The van der Waals surface area contributed by atoms with Crippen LogP contribution in [0.1, 0.15) is 44.9 Å². The molecule has 1 aliphatic heterocycles. The van der Waals surface area contributed by atoms with Gasteiger partial charge in [0.1, 0.15) is 0 Å². The molecule has 0 radical (unpaired) electrons. The minimum absolute atomic E-state index is 0.118. The molecule has 6 aliphatic rings. The molecule has 6 fully saturated rings. The van der Waals surface area contributed by atoms with Crippen LogP contribution in [-0.2, 0) is 4.79 Å². The second-order valence-electron chi connectivity index (χ2n) is 8.47. The molecule has 21 heavy (non-hydrogen) atoms. The van der Waals surface area contributed by atoms with Gasteiger partial charge in [-0.2, -0.15) is 0 Å². The molecule has 4 nitrogen and oxygen atoms in total. The van der Waals surface area contributed by atoms with Gasteiger partial charge in [0.25, 0.3) is 0 Å². The van der Waals surface area contributed by atoms with E-state index in [0.29, 0.717) is 23.1 Å². The summed E-state index contributed by atoms with van der Waals surface area (Å²) in [5.41, 5.74) is 5.88. The Bertz CT molecular complexity index is 497. The number of amides is 1. The summed E-state index contributed by atoms with van der Waals surface area (Å²) < 4.78 is 0. The highest BCUT2D eigenvalue weighted by molar-refractivity contribution is 8.00. The summed E-state index contributed by atoms with van der Waals surface area (Å²) >= 11 is 1.90. The van der Waals surface area contributed by atoms with Gasteiger partial charge in [0.2, 0.25) is 5.91 Å². The van der Waals surface area contributed by atoms with Gasteiger partial charge in [0.15, 0.2) is 0 Å². The van der Waals surface area contributed by atoms with E-state index in [1.54, 1.807) is 0 Å². The van der Waals surface area contributed by atoms with Crippen LogP contribution >= 0.6 is 11.8 Å². The van der Waals surface area contributed by atoms with Gasteiger partial charge in [-0.1, -0.05) is 0 Å². The first kappa shape index (κ1) is 13.2. The maximum Gasteiger partial charge on any atom is 0.241 e. The van der Waals surface area contributed by atoms with Gasteiger partial charge in [0, 0.05) is 11.3 Å². The SMILES string of the molecule is NC(C(=O)N1CSC2CC21)C12CC3CC(CC(O)(C3)C1)C2. The minimum atomic E-state index is -0.524. The zero-order valence-corrected chi connectivity index (χ0v) is 13.1. The minimum Gasteiger partial charge on any atom is -0.390 e. The van der Waals surface area contributed by atoms with E-state index in [1.165, 1.54) is 6.42 Å². The zero-order chi connectivity index (χ0) is 14.4. The van der Waals surface area contributed by atoms with Crippen LogP contribution in [0.4, 0.5) is 0 Å². The monoisotopic (exact) mass is 308 g/mol. The maximum atomic E-state index is 12.9. The highest BCUT2D eigenvalue weighted by Crippen LogP contribution is 2.63. The van der Waals surface area contributed by atoms with Crippen molar-refractivity contribution in [1.29, 1.82) is 0 Å². The number of thioether (sulfide) groups is 1. The van der Waals surface area contributed by atoms with Gasteiger partial charge in [-0.3, -0.25) is 4.79 Å². The predicted octanol–water partition coefficient (Wildman–Crippen LogP) is 1.32. The molecule has 116 valence electrons. The average Bonchev–Trinajstić information content (AvgIpc) is 3.05. The standard InChI is InChI=1S/C16H24N2O2S/c17-13(14(19)18-8-21-12-2-11(12)18)15-3-9-1-10(4-15)6-16(20,5-9)7-15/h9-13,20H,1-8,17H2. The van der Waals surface area contributed by atoms with Crippen LogP contribution < -0.4 is 5.73 Å². The van der Waals surface area contributed by atoms with Crippen molar-refractivity contribution >= 4 is 17.7 Å². The summed E-state index contributed by atoms with van der Waals surface area (Å²) in [5.74, 6) is 2.18. The van der Waals surface area contributed by atoms with Gasteiger partial charge < -0.3 is 15.7 Å². The Labute approximate surface area is 129 Å². The van der Waals surface area contributed by atoms with Crippen LogP contribution in [0.3, 0.4) is 0 Å². The van der Waals surface area contributed by atoms with Crippen LogP contribution in [-0.4, -0.2) is 44.7 Å². The topological polar surface area (TPSA) is 66.6 Å². The molecule has 4 bridgehead atoms. The lowest BCUT2D eigenvalue weighted by atomic mass is 9.46. The molecule has 0 aromatic heterocycles. The molecule has 5 heteroatoms. The van der Waals surface area contributed by atoms with E-state index in [9.17, 15) is 9.90 Å². The number of fused-ring (bicyclic) bond motifs is 1. The van der Waals surface area contributed by atoms with Crippen LogP contribution in [0.25, 0.3) is 0 Å². The fraction of sp³-hybridized carbons (Fsp3) is 0.938. The van der Waals surface area contributed by atoms with Gasteiger partial charge in [-0.15, -0.1) is 11.8 Å². The molecule has 0 spiro atoms. The van der Waals surface area contributed by atoms with E-state index in [0.717, 1.165) is 44.4 Å². The van der Waals surface area contributed by atoms with E-state index in [-0.39, 0.29) is 11.3 Å². The highest BCUT2D eigenvalue weighted by atomic mass is 32.2. The number of nitrogens with two attached hydrogens (primary N) is 1. The Balaban J connectivity index is 1.42. The van der Waals surface area contributed by atoms with Crippen LogP contribution in [0, 0.1) is 17.3 Å². The molecule has 0 aromatic rings. The fourth-order valence-electron chi connectivity index (χ4n) is 6.25. The smallest absolute Gasteiger partial charge is 0.241 e. The molecule has 5 saturated carbocycles. The molecular formula is C16H24N2O2S. The zero-order valence-electron chi connectivity index (χ0n) is 12.3. The average molecular weight is 308 g/mol. The molecule has 5 aliphatic carbocycles. The highest BCUT2D eigenvalue weighted by Gasteiger charge is 2.61. The lowest BCUT2D eigenvalue weighted by Gasteiger charge is -2.61. The molecule has 0 aromatic carbocycles. The van der Waals surface area contributed by atoms with Crippen molar-refractivity contribution in [2.45, 2.75) is 67.9 Å². The number of aliphatic hydroxyl groups is 1. The number of hydrogen-bond acceptors (Lipinski definition) is 4. The van der Waals surface area contributed by atoms with Gasteiger partial charge in [-0.25, -0.2) is 0 Å². The van der Waals surface area contributed by atoms with E-state index < -0.39 is 11.6 Å². The van der Waals surface area contributed by atoms with Gasteiger partial charge in [0.05, 0.1) is 17.5 Å². The molecule has 1 saturated heterocycles. The number of carbonyl (C=O) groups excluding carboxylic acids is 1. The first-order chi connectivity index (χ1) is 9.98. The van der Waals surface area contributed by atoms with Crippen LogP contribution in [0.2, 0.25) is 0 Å². The predicted molar refractivity (Wildman–Crippen MR) is 81.5 cm³/mol. The third kappa shape index (κ3) is 1.80. The molecule has 5 atom stereocenters. The Morgan fingerprint density at radius 1 is 1.24 bits per heavy atom. The normalized spacial score (nSPS) is 54.7. The Morgan fingerprint density at radius 3 is 2.48 bits per heavy atom. The van der Waals surface area contributed by atoms with Crippen LogP contribution in [0.15, 0.2) is 0 Å². The number of carbonyl (C=O) groups is 1. The van der Waals surface area contributed by atoms with Crippen molar-refractivity contribution < 1.29 is 9.90 Å². The summed E-state index contributed by atoms with van der Waals surface area (Å²) in [6, 6.07) is 0.0698. The van der Waals surface area contributed by atoms with Crippen LogP contribution in [0.5, 0.6) is 0 Å². The van der Waals surface area contributed by atoms with Crippen molar-refractivity contribution in [1.82, 2.24) is 4.90 Å². The van der Waals surface area contributed by atoms with Gasteiger partial charge in [-0.05, 0) is 62.2 Å². The van der Waals surface area contributed by atoms with Crippen molar-refractivity contribution in [2.75, 3.05) is 5.88 Å². The summed E-state index contributed by atoms with van der Waals surface area (Å²) in [6.45, 7) is 0. The second-order valence-corrected chi connectivity index (χ2v) is 9.67. The van der Waals surface area contributed by atoms with E-state index >= 15 is 0 Å². The first-order valence-electron chi connectivity index (χ1n) is 8.38. The third-order valence-electron chi connectivity index (χ3n) is 6.81. The van der Waals surface area contributed by atoms with Crippen molar-refractivity contribution in [3.63, 3.8) is 0 Å². The Kier molecular flexibility index (Phi) is 2.50. The van der Waals surface area contributed by atoms with E-state index in [1.807, 2.05) is 16.7 Å². The first-order valence-corrected chi connectivity index (χ1v) is 9.43. The number of nitrogens with zero attached hydrogens (tertiary/aromatic N) is 1. The number of hydrogen-bond donors (Lipinski definition) is 2. The molecule has 3 N–H and O–H groups in total. The summed E-state index contributed by atoms with van der Waals surface area (Å²) in [5, 5.41) is 11.5. The quantitative estimate of drug-likeness (QED) is 0.807. The Morgan fingerprint density at radius 2 is 1.95 bits per heavy atom. The number of rotatable bonds is 2. The van der Waals surface area contributed by atoms with E-state index in [4.69, 9.17) is 5.73 Å². The molecule has 1 heterocycles. The summed E-state index contributed by atoms with van der Waals surface area (Å²) in [6.07, 6.45) is 7.17. The Hall–Kier alpha value is -0.260. The molecule has 6 rings (SSSR count). The molecule has 1 amide bonds. The molecular weight excluding hydrogens is 284 g/mol. The summed E-state index contributed by atoms with van der Waals surface area (Å²) in [7, 11) is 0. The lowest BCUT2D eigenvalue weighted by molar-refractivity contribution is -0.176. The fourth-order valence-corrected chi connectivity index (χ4v) is 7.63. The summed E-state index contributed by atoms with van der Waals surface area (Å²) in [4.78, 5) is 14.9. The van der Waals surface area contributed by atoms with E-state index in [2.05, 4.69) is 0 Å². The largest absolute Gasteiger partial charge is 0.390 e. The van der Waals surface area contributed by atoms with Crippen molar-refractivity contribution in [3.8, 4) is 0 Å². The molecule has 5 unspecified atom stereocenters.